The van der Waals surface area contributed by atoms with E-state index < -0.39 is 0 Å². The van der Waals surface area contributed by atoms with Crippen molar-refractivity contribution in [2.45, 2.75) is 32.2 Å². The number of rotatable bonds is 3. The van der Waals surface area contributed by atoms with Gasteiger partial charge in [-0.15, -0.1) is 0 Å². The fourth-order valence-corrected chi connectivity index (χ4v) is 2.89. The van der Waals surface area contributed by atoms with Gasteiger partial charge in [0.15, 0.2) is 0 Å². The lowest BCUT2D eigenvalue weighted by molar-refractivity contribution is 0.180. The number of nitrogens with zero attached hydrogens (tertiary/aromatic N) is 3. The number of likely N-dealkylation sites (tertiary alicyclic amines) is 1. The molecular weight excluding hydrogens is 288 g/mol. The second-order valence-corrected chi connectivity index (χ2v) is 5.96. The number of hydrogen-bond donors (Lipinski definition) is 1. The average Bonchev–Trinajstić information content (AvgIpc) is 2.61. The standard InChI is InChI=1S/C18H22N4O/c1-14-7-10-19-17(21-14)16-8-11-22(12-9-16)18(23)20-13-15-5-3-2-4-6-15/h2-7,10,16H,8-9,11-13H2,1H3,(H,20,23). The first-order valence-corrected chi connectivity index (χ1v) is 8.08. The van der Waals surface area contributed by atoms with Crippen molar-refractivity contribution >= 4 is 6.03 Å². The molecule has 1 saturated heterocycles. The smallest absolute Gasteiger partial charge is 0.317 e. The third kappa shape index (κ3) is 4.06. The Labute approximate surface area is 136 Å². The maximum absolute atomic E-state index is 12.3. The van der Waals surface area contributed by atoms with Crippen LogP contribution in [0.15, 0.2) is 42.6 Å². The molecule has 23 heavy (non-hydrogen) atoms. The summed E-state index contributed by atoms with van der Waals surface area (Å²) in [5.74, 6) is 1.27. The van der Waals surface area contributed by atoms with E-state index in [2.05, 4.69) is 15.3 Å². The van der Waals surface area contributed by atoms with E-state index in [0.717, 1.165) is 43.0 Å². The fraction of sp³-hybridized carbons (Fsp3) is 0.389. The zero-order valence-corrected chi connectivity index (χ0v) is 13.4. The van der Waals surface area contributed by atoms with Crippen LogP contribution in [0.5, 0.6) is 0 Å². The molecule has 0 saturated carbocycles. The summed E-state index contributed by atoms with van der Waals surface area (Å²) in [6.07, 6.45) is 3.65. The Morgan fingerprint density at radius 1 is 1.22 bits per heavy atom. The number of carbonyl (C=O) groups excluding carboxylic acids is 1. The molecule has 1 aromatic carbocycles. The van der Waals surface area contributed by atoms with Gasteiger partial charge in [0.05, 0.1) is 0 Å². The molecule has 5 nitrogen and oxygen atoms in total. The van der Waals surface area contributed by atoms with Crippen molar-refractivity contribution in [1.82, 2.24) is 20.2 Å². The largest absolute Gasteiger partial charge is 0.334 e. The van der Waals surface area contributed by atoms with E-state index in [-0.39, 0.29) is 6.03 Å². The fourth-order valence-electron chi connectivity index (χ4n) is 2.89. The van der Waals surface area contributed by atoms with Crippen LogP contribution in [0.2, 0.25) is 0 Å². The molecule has 2 amide bonds. The topological polar surface area (TPSA) is 58.1 Å². The predicted molar refractivity (Wildman–Crippen MR) is 89.0 cm³/mol. The molecule has 5 heteroatoms. The van der Waals surface area contributed by atoms with Gasteiger partial charge in [0.1, 0.15) is 5.82 Å². The highest BCUT2D eigenvalue weighted by Gasteiger charge is 2.25. The van der Waals surface area contributed by atoms with Gasteiger partial charge in [-0.25, -0.2) is 14.8 Å². The van der Waals surface area contributed by atoms with Gasteiger partial charge in [0.2, 0.25) is 0 Å². The van der Waals surface area contributed by atoms with Crippen molar-refractivity contribution in [3.63, 3.8) is 0 Å². The molecule has 0 atom stereocenters. The van der Waals surface area contributed by atoms with Gasteiger partial charge in [0, 0.05) is 37.4 Å². The number of piperidine rings is 1. The first-order chi connectivity index (χ1) is 11.2. The molecule has 1 N–H and O–H groups in total. The number of hydrogen-bond acceptors (Lipinski definition) is 3. The summed E-state index contributed by atoms with van der Waals surface area (Å²) < 4.78 is 0. The molecule has 1 aliphatic heterocycles. The summed E-state index contributed by atoms with van der Waals surface area (Å²) in [6.45, 7) is 4.06. The summed E-state index contributed by atoms with van der Waals surface area (Å²) in [6, 6.07) is 11.9. The first-order valence-electron chi connectivity index (χ1n) is 8.08. The van der Waals surface area contributed by atoms with Gasteiger partial charge >= 0.3 is 6.03 Å². The van der Waals surface area contributed by atoms with Crippen LogP contribution >= 0.6 is 0 Å². The minimum absolute atomic E-state index is 0.0115. The third-order valence-corrected chi connectivity index (χ3v) is 4.25. The van der Waals surface area contributed by atoms with E-state index in [4.69, 9.17) is 0 Å². The number of nitrogens with one attached hydrogen (secondary N) is 1. The van der Waals surface area contributed by atoms with Crippen LogP contribution in [0, 0.1) is 6.92 Å². The number of aromatic nitrogens is 2. The Morgan fingerprint density at radius 3 is 2.65 bits per heavy atom. The molecule has 0 unspecified atom stereocenters. The molecule has 1 aromatic heterocycles. The van der Waals surface area contributed by atoms with E-state index in [1.807, 2.05) is 54.4 Å². The van der Waals surface area contributed by atoms with E-state index in [0.29, 0.717) is 12.5 Å². The van der Waals surface area contributed by atoms with Gasteiger partial charge < -0.3 is 10.2 Å². The second-order valence-electron chi connectivity index (χ2n) is 5.96. The number of benzene rings is 1. The lowest BCUT2D eigenvalue weighted by Gasteiger charge is -2.31. The van der Waals surface area contributed by atoms with Crippen molar-refractivity contribution in [2.75, 3.05) is 13.1 Å². The Balaban J connectivity index is 1.49. The lowest BCUT2D eigenvalue weighted by Crippen LogP contribution is -2.44. The van der Waals surface area contributed by atoms with Crippen molar-refractivity contribution < 1.29 is 4.79 Å². The first kappa shape index (κ1) is 15.5. The number of aryl methyl sites for hydroxylation is 1. The highest BCUT2D eigenvalue weighted by molar-refractivity contribution is 5.74. The average molecular weight is 310 g/mol. The highest BCUT2D eigenvalue weighted by atomic mass is 16.2. The molecule has 1 aliphatic rings. The summed E-state index contributed by atoms with van der Waals surface area (Å²) in [4.78, 5) is 23.0. The van der Waals surface area contributed by atoms with Crippen molar-refractivity contribution in [1.29, 1.82) is 0 Å². The molecule has 2 aromatic rings. The maximum atomic E-state index is 12.3. The van der Waals surface area contributed by atoms with E-state index in [1.54, 1.807) is 0 Å². The van der Waals surface area contributed by atoms with E-state index >= 15 is 0 Å². The van der Waals surface area contributed by atoms with E-state index in [1.165, 1.54) is 0 Å². The van der Waals surface area contributed by atoms with Crippen LogP contribution in [-0.4, -0.2) is 34.0 Å². The monoisotopic (exact) mass is 310 g/mol. The molecular formula is C18H22N4O. The Kier molecular flexibility index (Phi) is 4.86. The zero-order valence-electron chi connectivity index (χ0n) is 13.4. The Morgan fingerprint density at radius 2 is 1.96 bits per heavy atom. The zero-order chi connectivity index (χ0) is 16.1. The van der Waals surface area contributed by atoms with Gasteiger partial charge in [-0.3, -0.25) is 0 Å². The number of carbonyl (C=O) groups is 1. The third-order valence-electron chi connectivity index (χ3n) is 4.25. The molecule has 0 radical (unpaired) electrons. The summed E-state index contributed by atoms with van der Waals surface area (Å²) in [5, 5.41) is 2.99. The predicted octanol–water partition coefficient (Wildman–Crippen LogP) is 2.87. The molecule has 3 rings (SSSR count). The van der Waals surface area contributed by atoms with Crippen molar-refractivity contribution in [3.8, 4) is 0 Å². The van der Waals surface area contributed by atoms with Gasteiger partial charge in [-0.1, -0.05) is 30.3 Å². The SMILES string of the molecule is Cc1ccnc(C2CCN(C(=O)NCc3ccccc3)CC2)n1. The normalized spacial score (nSPS) is 15.4. The molecule has 120 valence electrons. The quantitative estimate of drug-likeness (QED) is 0.948. The summed E-state index contributed by atoms with van der Waals surface area (Å²) in [7, 11) is 0. The van der Waals surface area contributed by atoms with E-state index in [9.17, 15) is 4.79 Å². The Hall–Kier alpha value is -2.43. The molecule has 0 bridgehead atoms. The highest BCUT2D eigenvalue weighted by Crippen LogP contribution is 2.25. The van der Waals surface area contributed by atoms with Crippen LogP contribution in [0.25, 0.3) is 0 Å². The minimum atomic E-state index is 0.0115. The second kappa shape index (κ2) is 7.22. The lowest BCUT2D eigenvalue weighted by atomic mass is 9.96. The Bertz CT molecular complexity index is 651. The van der Waals surface area contributed by atoms with Crippen LogP contribution in [0.3, 0.4) is 0 Å². The van der Waals surface area contributed by atoms with Crippen LogP contribution in [-0.2, 0) is 6.54 Å². The number of amides is 2. The summed E-state index contributed by atoms with van der Waals surface area (Å²) >= 11 is 0. The van der Waals surface area contributed by atoms with Gasteiger partial charge in [0.25, 0.3) is 0 Å². The summed E-state index contributed by atoms with van der Waals surface area (Å²) in [5.41, 5.74) is 2.11. The van der Waals surface area contributed by atoms with Crippen LogP contribution < -0.4 is 5.32 Å². The molecule has 2 heterocycles. The van der Waals surface area contributed by atoms with Gasteiger partial charge in [-0.05, 0) is 31.4 Å². The van der Waals surface area contributed by atoms with Crippen LogP contribution in [0.1, 0.15) is 35.8 Å². The number of urea groups is 1. The van der Waals surface area contributed by atoms with Gasteiger partial charge in [-0.2, -0.15) is 0 Å². The van der Waals surface area contributed by atoms with Crippen molar-refractivity contribution in [2.24, 2.45) is 0 Å². The minimum Gasteiger partial charge on any atom is -0.334 e. The van der Waals surface area contributed by atoms with Crippen LogP contribution in [0.4, 0.5) is 4.79 Å². The molecule has 1 fully saturated rings. The maximum Gasteiger partial charge on any atom is 0.317 e. The van der Waals surface area contributed by atoms with Crippen molar-refractivity contribution in [3.05, 3.63) is 59.7 Å². The molecule has 0 aliphatic carbocycles. The molecule has 0 spiro atoms.